The largest absolute Gasteiger partial charge is 0.369 e. The molecule has 0 saturated heterocycles. The van der Waals surface area contributed by atoms with Gasteiger partial charge in [0.1, 0.15) is 0 Å². The zero-order chi connectivity index (χ0) is 9.26. The zero-order valence-electron chi connectivity index (χ0n) is 6.92. The molecular formula is C10H8N2O. The summed E-state index contributed by atoms with van der Waals surface area (Å²) in [5, 5.41) is 1.02. The number of fused-ring (bicyclic) bond motifs is 1. The molecule has 1 amide bonds. The lowest BCUT2D eigenvalue weighted by Gasteiger charge is -1.88. The van der Waals surface area contributed by atoms with Gasteiger partial charge in [-0.25, -0.2) is 0 Å². The van der Waals surface area contributed by atoms with Crippen molar-refractivity contribution in [3.63, 3.8) is 0 Å². The van der Waals surface area contributed by atoms with Crippen molar-refractivity contribution in [1.82, 2.24) is 4.98 Å². The van der Waals surface area contributed by atoms with Crippen LogP contribution in [0.25, 0.3) is 10.9 Å². The lowest BCUT2D eigenvalue weighted by molar-refractivity contribution is -0.117. The van der Waals surface area contributed by atoms with Crippen molar-refractivity contribution < 1.29 is 4.79 Å². The van der Waals surface area contributed by atoms with Crippen LogP contribution in [0.5, 0.6) is 0 Å². The smallest absolute Gasteiger partial charge is 0.223 e. The molecule has 0 saturated carbocycles. The van der Waals surface area contributed by atoms with Gasteiger partial charge in [0.15, 0.2) is 0 Å². The molecular weight excluding hydrogens is 164 g/mol. The second-order valence-corrected chi connectivity index (χ2v) is 2.88. The average Bonchev–Trinajstić information content (AvgIpc) is 2.44. The molecule has 2 aromatic rings. The number of amides is 1. The number of primary amides is 1. The maximum absolute atomic E-state index is 10.6. The Bertz CT molecular complexity index is 412. The molecule has 0 fully saturated rings. The number of hydrogen-bond acceptors (Lipinski definition) is 1. The number of carbonyl (C=O) groups is 1. The second kappa shape index (κ2) is 2.83. The number of rotatable bonds is 2. The Morgan fingerprint density at radius 1 is 1.46 bits per heavy atom. The van der Waals surface area contributed by atoms with Crippen LogP contribution in [0.3, 0.4) is 0 Å². The Kier molecular flexibility index (Phi) is 1.67. The predicted molar refractivity (Wildman–Crippen MR) is 48.9 cm³/mol. The first-order valence-corrected chi connectivity index (χ1v) is 3.93. The summed E-state index contributed by atoms with van der Waals surface area (Å²) >= 11 is 0. The summed E-state index contributed by atoms with van der Waals surface area (Å²) in [6, 6.07) is 11.2. The summed E-state index contributed by atoms with van der Waals surface area (Å²) in [5.74, 6) is -0.334. The molecule has 0 aliphatic rings. The lowest BCUT2D eigenvalue weighted by atomic mass is 10.2. The summed E-state index contributed by atoms with van der Waals surface area (Å²) in [7, 11) is 0. The van der Waals surface area contributed by atoms with E-state index in [1.807, 2.05) is 12.1 Å². The molecule has 0 spiro atoms. The minimum absolute atomic E-state index is 0.245. The number of nitrogens with two attached hydrogens (primary N) is 1. The fourth-order valence-corrected chi connectivity index (χ4v) is 1.30. The molecule has 3 heteroatoms. The van der Waals surface area contributed by atoms with Crippen LogP contribution in [0, 0.1) is 12.1 Å². The fraction of sp³-hybridized carbons (Fsp3) is 0.100. The maximum Gasteiger partial charge on any atom is 0.223 e. The van der Waals surface area contributed by atoms with E-state index >= 15 is 0 Å². The van der Waals surface area contributed by atoms with Gasteiger partial charge in [0, 0.05) is 17.1 Å². The molecule has 1 heterocycles. The topological polar surface area (TPSA) is 58.9 Å². The van der Waals surface area contributed by atoms with Crippen LogP contribution in [-0.2, 0) is 11.2 Å². The molecule has 64 valence electrons. The van der Waals surface area contributed by atoms with E-state index in [9.17, 15) is 4.79 Å². The van der Waals surface area contributed by atoms with Crippen molar-refractivity contribution in [2.45, 2.75) is 6.42 Å². The van der Waals surface area contributed by atoms with Gasteiger partial charge in [-0.05, 0) is 12.1 Å². The van der Waals surface area contributed by atoms with Crippen molar-refractivity contribution in [2.75, 3.05) is 0 Å². The highest BCUT2D eigenvalue weighted by Gasteiger charge is 2.01. The van der Waals surface area contributed by atoms with E-state index < -0.39 is 0 Å². The molecule has 2 rings (SSSR count). The van der Waals surface area contributed by atoms with Crippen molar-refractivity contribution in [3.05, 3.63) is 36.0 Å². The Hall–Kier alpha value is -1.95. The summed E-state index contributed by atoms with van der Waals surface area (Å²) in [6.07, 6.45) is 0.245. The van der Waals surface area contributed by atoms with Crippen LogP contribution < -0.4 is 5.73 Å². The summed E-state index contributed by atoms with van der Waals surface area (Å²) in [6.45, 7) is 0. The second-order valence-electron chi connectivity index (χ2n) is 2.88. The van der Waals surface area contributed by atoms with Gasteiger partial charge in [-0.2, -0.15) is 0 Å². The van der Waals surface area contributed by atoms with Gasteiger partial charge >= 0.3 is 0 Å². The quantitative estimate of drug-likeness (QED) is 0.691. The van der Waals surface area contributed by atoms with Gasteiger partial charge in [-0.1, -0.05) is 12.1 Å². The third-order valence-corrected chi connectivity index (χ3v) is 1.83. The fourth-order valence-electron chi connectivity index (χ4n) is 1.30. The standard InChI is InChI=1S/C10H8N2O/c11-10(13)6-8-5-7-3-1-2-4-9(7)12-8/h3-5,12H,6H2,(H2,11,13). The molecule has 13 heavy (non-hydrogen) atoms. The number of aromatic nitrogens is 1. The molecule has 1 aromatic carbocycles. The summed E-state index contributed by atoms with van der Waals surface area (Å²) in [5.41, 5.74) is 6.85. The van der Waals surface area contributed by atoms with Crippen LogP contribution >= 0.6 is 0 Å². The molecule has 3 nitrogen and oxygen atoms in total. The number of nitrogens with one attached hydrogen (secondary N) is 1. The van der Waals surface area contributed by atoms with E-state index in [0.717, 1.165) is 16.6 Å². The SMILES string of the molecule is NC(=O)Cc1cc2cc#ccc2[nH]1. The number of carbonyl (C=O) groups excluding carboxylic acids is 1. The van der Waals surface area contributed by atoms with Gasteiger partial charge in [0.25, 0.3) is 0 Å². The van der Waals surface area contributed by atoms with Crippen molar-refractivity contribution >= 4 is 16.8 Å². The van der Waals surface area contributed by atoms with Crippen LogP contribution in [-0.4, -0.2) is 10.9 Å². The van der Waals surface area contributed by atoms with Crippen LogP contribution in [0.1, 0.15) is 5.69 Å². The molecule has 0 radical (unpaired) electrons. The third kappa shape index (κ3) is 1.47. The molecule has 0 bridgehead atoms. The van der Waals surface area contributed by atoms with Crippen molar-refractivity contribution in [3.8, 4) is 0 Å². The molecule has 0 atom stereocenters. The normalized spacial score (nSPS) is 9.85. The Morgan fingerprint density at radius 3 is 2.92 bits per heavy atom. The first kappa shape index (κ1) is 7.69. The molecule has 1 aromatic heterocycles. The Balaban J connectivity index is 2.44. The predicted octanol–water partition coefficient (Wildman–Crippen LogP) is 0.796. The van der Waals surface area contributed by atoms with E-state index in [-0.39, 0.29) is 12.3 Å². The average molecular weight is 172 g/mol. The van der Waals surface area contributed by atoms with Crippen molar-refractivity contribution in [1.29, 1.82) is 0 Å². The zero-order valence-corrected chi connectivity index (χ0v) is 6.92. The minimum atomic E-state index is -0.334. The highest BCUT2D eigenvalue weighted by molar-refractivity contribution is 5.82. The van der Waals surface area contributed by atoms with Crippen LogP contribution in [0.15, 0.2) is 18.2 Å². The summed E-state index contributed by atoms with van der Waals surface area (Å²) < 4.78 is 0. The van der Waals surface area contributed by atoms with E-state index in [1.165, 1.54) is 0 Å². The van der Waals surface area contributed by atoms with Gasteiger partial charge in [-0.15, -0.1) is 0 Å². The number of H-pyrrole nitrogens is 1. The number of hydrogen-bond donors (Lipinski definition) is 2. The van der Waals surface area contributed by atoms with Gasteiger partial charge in [0.2, 0.25) is 5.91 Å². The molecule has 0 aliphatic heterocycles. The Morgan fingerprint density at radius 2 is 2.23 bits per heavy atom. The van der Waals surface area contributed by atoms with E-state index in [1.54, 1.807) is 6.07 Å². The molecule has 3 N–H and O–H groups in total. The first-order chi connectivity index (χ1) is 6.25. The van der Waals surface area contributed by atoms with Gasteiger partial charge in [0.05, 0.1) is 11.9 Å². The van der Waals surface area contributed by atoms with E-state index in [0.29, 0.717) is 0 Å². The highest BCUT2D eigenvalue weighted by Crippen LogP contribution is 2.12. The van der Waals surface area contributed by atoms with E-state index in [4.69, 9.17) is 5.73 Å². The van der Waals surface area contributed by atoms with E-state index in [2.05, 4.69) is 17.1 Å². The number of aromatic amines is 1. The highest BCUT2D eigenvalue weighted by atomic mass is 16.1. The van der Waals surface area contributed by atoms with Crippen LogP contribution in [0.4, 0.5) is 0 Å². The Labute approximate surface area is 75.6 Å². The van der Waals surface area contributed by atoms with Gasteiger partial charge in [-0.3, -0.25) is 4.79 Å². The molecule has 0 aliphatic carbocycles. The third-order valence-electron chi connectivity index (χ3n) is 1.83. The van der Waals surface area contributed by atoms with Crippen molar-refractivity contribution in [2.24, 2.45) is 5.73 Å². The lowest BCUT2D eigenvalue weighted by Crippen LogP contribution is -2.13. The molecule has 0 unspecified atom stereocenters. The minimum Gasteiger partial charge on any atom is -0.369 e. The van der Waals surface area contributed by atoms with Gasteiger partial charge < -0.3 is 10.7 Å². The first-order valence-electron chi connectivity index (χ1n) is 3.93. The summed E-state index contributed by atoms with van der Waals surface area (Å²) in [4.78, 5) is 13.7. The monoisotopic (exact) mass is 172 g/mol. The van der Waals surface area contributed by atoms with Crippen LogP contribution in [0.2, 0.25) is 0 Å². The maximum atomic E-state index is 10.6.